The third-order valence-corrected chi connectivity index (χ3v) is 6.65. The average molecular weight is 546 g/mol. The molecule has 10 heteroatoms. The lowest BCUT2D eigenvalue weighted by molar-refractivity contribution is 0.215. The molecular formula is C28H47N7O2S. The molecule has 0 radical (unpaired) electrons. The van der Waals surface area contributed by atoms with E-state index in [1.54, 1.807) is 29.2 Å². The smallest absolute Gasteiger partial charge is 0.277 e. The second kappa shape index (κ2) is 17.5. The summed E-state index contributed by atoms with van der Waals surface area (Å²) in [6.07, 6.45) is 6.94. The van der Waals surface area contributed by atoms with Crippen molar-refractivity contribution in [3.63, 3.8) is 0 Å². The average Bonchev–Trinajstić information content (AvgIpc) is 3.66. The number of nitrogens with two attached hydrogens (primary N) is 1. The highest BCUT2D eigenvalue weighted by Gasteiger charge is 2.16. The van der Waals surface area contributed by atoms with Crippen LogP contribution in [0.5, 0.6) is 0 Å². The Morgan fingerprint density at radius 1 is 1.13 bits per heavy atom. The van der Waals surface area contributed by atoms with Crippen molar-refractivity contribution in [1.29, 1.82) is 0 Å². The third-order valence-electron chi connectivity index (χ3n) is 5.81. The maximum absolute atomic E-state index is 12.4. The number of aromatic nitrogens is 4. The number of nitrogen functional groups attached to an aromatic ring is 1. The van der Waals surface area contributed by atoms with Crippen LogP contribution < -0.4 is 21.1 Å². The Balaban J connectivity index is 0.000000370. The lowest BCUT2D eigenvalue weighted by Crippen LogP contribution is -2.27. The van der Waals surface area contributed by atoms with Gasteiger partial charge in [-0.25, -0.2) is 15.0 Å². The first-order chi connectivity index (χ1) is 18.3. The molecule has 0 bridgehead atoms. The van der Waals surface area contributed by atoms with Gasteiger partial charge in [0.25, 0.3) is 5.56 Å². The first-order valence-electron chi connectivity index (χ1n) is 13.5. The van der Waals surface area contributed by atoms with E-state index >= 15 is 0 Å². The summed E-state index contributed by atoms with van der Waals surface area (Å²) < 4.78 is 6.15. The zero-order chi connectivity index (χ0) is 28.7. The van der Waals surface area contributed by atoms with Gasteiger partial charge in [-0.05, 0) is 51.7 Å². The topological polar surface area (TPSA) is 102 Å². The maximum atomic E-state index is 12.4. The molecule has 3 aromatic rings. The molecule has 2 N–H and O–H groups in total. The molecule has 4 heterocycles. The number of hydrogen-bond donors (Lipinski definition) is 1. The Morgan fingerprint density at radius 3 is 2.21 bits per heavy atom. The molecule has 0 atom stereocenters. The number of anilines is 3. The van der Waals surface area contributed by atoms with Crippen LogP contribution >= 0.6 is 11.3 Å². The van der Waals surface area contributed by atoms with E-state index in [9.17, 15) is 4.79 Å². The van der Waals surface area contributed by atoms with Crippen molar-refractivity contribution < 1.29 is 4.74 Å². The molecule has 0 aromatic carbocycles. The number of ether oxygens (including phenoxy) is 1. The first-order valence-corrected chi connectivity index (χ1v) is 14.3. The van der Waals surface area contributed by atoms with Gasteiger partial charge in [-0.1, -0.05) is 20.8 Å². The largest absolute Gasteiger partial charge is 0.393 e. The zero-order valence-electron chi connectivity index (χ0n) is 24.7. The maximum Gasteiger partial charge on any atom is 0.277 e. The van der Waals surface area contributed by atoms with Crippen LogP contribution in [-0.4, -0.2) is 60.4 Å². The quantitative estimate of drug-likeness (QED) is 0.447. The summed E-state index contributed by atoms with van der Waals surface area (Å²) in [7, 11) is 5.57. The summed E-state index contributed by atoms with van der Waals surface area (Å²) in [6, 6.07) is 1.99. The van der Waals surface area contributed by atoms with Crippen molar-refractivity contribution in [1.82, 2.24) is 19.5 Å². The van der Waals surface area contributed by atoms with Crippen molar-refractivity contribution in [2.24, 2.45) is 0 Å². The van der Waals surface area contributed by atoms with E-state index in [4.69, 9.17) is 5.73 Å². The van der Waals surface area contributed by atoms with Gasteiger partial charge in [0, 0.05) is 70.8 Å². The Hall–Kier alpha value is -2.98. The Labute approximate surface area is 232 Å². The first kappa shape index (κ1) is 33.0. The van der Waals surface area contributed by atoms with Gasteiger partial charge in [0.1, 0.15) is 17.3 Å². The van der Waals surface area contributed by atoms with E-state index in [-0.39, 0.29) is 11.2 Å². The van der Waals surface area contributed by atoms with E-state index < -0.39 is 0 Å². The molecule has 0 spiro atoms. The monoisotopic (exact) mass is 545 g/mol. The van der Waals surface area contributed by atoms with E-state index in [0.717, 1.165) is 23.6 Å². The van der Waals surface area contributed by atoms with Gasteiger partial charge in [0.15, 0.2) is 5.13 Å². The molecule has 3 aromatic heterocycles. The molecule has 38 heavy (non-hydrogen) atoms. The standard InChI is InChI=1S/C16H23N5O.C7H10N2S.C3H8O.C2H6/c1-6-12-14(17)16(22)21(7-2)15(19-12)11-9-18-13(20(4)5)8-10(11)3;1-2-5-9(4-1)7-8-3-6-10-7;1-3-4-2;1-2/h8-9H,6-7,17H2,1-5H3;3,6H,1-2,4-5H2;3H2,1-2H3;1-2H3. The van der Waals surface area contributed by atoms with Crippen LogP contribution in [0.2, 0.25) is 0 Å². The summed E-state index contributed by atoms with van der Waals surface area (Å²) in [5, 5.41) is 3.23. The van der Waals surface area contributed by atoms with Crippen LogP contribution in [0.15, 0.2) is 28.6 Å². The fourth-order valence-electron chi connectivity index (χ4n) is 3.68. The van der Waals surface area contributed by atoms with E-state index in [1.165, 1.54) is 31.1 Å². The minimum absolute atomic E-state index is 0.180. The molecule has 212 valence electrons. The summed E-state index contributed by atoms with van der Waals surface area (Å²) in [5.41, 5.74) is 8.49. The second-order valence-corrected chi connectivity index (χ2v) is 9.41. The summed E-state index contributed by atoms with van der Waals surface area (Å²) in [5.74, 6) is 1.51. The normalized spacial score (nSPS) is 12.0. The summed E-state index contributed by atoms with van der Waals surface area (Å²) in [6.45, 7) is 15.6. The van der Waals surface area contributed by atoms with Crippen LogP contribution in [0.1, 0.15) is 58.7 Å². The van der Waals surface area contributed by atoms with Gasteiger partial charge in [0.2, 0.25) is 0 Å². The molecule has 1 aliphatic heterocycles. The third kappa shape index (κ3) is 9.09. The zero-order valence-corrected chi connectivity index (χ0v) is 25.6. The molecule has 4 rings (SSSR count). The molecule has 1 aliphatic rings. The molecule has 1 fully saturated rings. The highest BCUT2D eigenvalue weighted by Crippen LogP contribution is 2.24. The van der Waals surface area contributed by atoms with Crippen LogP contribution in [0.25, 0.3) is 11.4 Å². The fraction of sp³-hybridized carbons (Fsp3) is 0.571. The Bertz CT molecular complexity index is 1120. The van der Waals surface area contributed by atoms with Gasteiger partial charge in [-0.3, -0.25) is 9.36 Å². The fourth-order valence-corrected chi connectivity index (χ4v) is 4.38. The van der Waals surface area contributed by atoms with E-state index in [1.807, 2.05) is 78.2 Å². The molecule has 0 unspecified atom stereocenters. The van der Waals surface area contributed by atoms with Crippen LogP contribution in [0.4, 0.5) is 16.6 Å². The minimum atomic E-state index is -0.180. The van der Waals surface area contributed by atoms with Crippen molar-refractivity contribution >= 4 is 28.0 Å². The number of hydrogen-bond acceptors (Lipinski definition) is 9. The summed E-state index contributed by atoms with van der Waals surface area (Å²) in [4.78, 5) is 30.0. The van der Waals surface area contributed by atoms with Crippen LogP contribution in [0.3, 0.4) is 0 Å². The van der Waals surface area contributed by atoms with Crippen LogP contribution in [0, 0.1) is 6.92 Å². The van der Waals surface area contributed by atoms with Gasteiger partial charge in [-0.15, -0.1) is 11.3 Å². The van der Waals surface area contributed by atoms with Gasteiger partial charge in [0.05, 0.1) is 5.69 Å². The SMILES string of the molecule is CC.CCOC.CCc1nc(-c2cnc(N(C)C)cc2C)n(CC)c(=O)c1N.c1csc(N2CCCC2)n1. The molecule has 0 aliphatic carbocycles. The molecule has 1 saturated heterocycles. The van der Waals surface area contributed by atoms with Crippen molar-refractivity contribution in [3.8, 4) is 11.4 Å². The minimum Gasteiger partial charge on any atom is -0.393 e. The van der Waals surface area contributed by atoms with Crippen molar-refractivity contribution in [2.75, 3.05) is 56.4 Å². The number of methoxy groups -OCH3 is 1. The number of nitrogens with zero attached hydrogens (tertiary/aromatic N) is 6. The second-order valence-electron chi connectivity index (χ2n) is 8.54. The predicted molar refractivity (Wildman–Crippen MR) is 163 cm³/mol. The Kier molecular flexibility index (Phi) is 15.2. The summed E-state index contributed by atoms with van der Waals surface area (Å²) >= 11 is 1.74. The van der Waals surface area contributed by atoms with Gasteiger partial charge >= 0.3 is 0 Å². The van der Waals surface area contributed by atoms with Crippen LogP contribution in [-0.2, 0) is 17.7 Å². The number of thiazole rings is 1. The molecule has 9 nitrogen and oxygen atoms in total. The van der Waals surface area contributed by atoms with E-state index in [0.29, 0.717) is 24.5 Å². The lowest BCUT2D eigenvalue weighted by Gasteiger charge is -2.17. The number of pyridine rings is 1. The molecular weight excluding hydrogens is 498 g/mol. The molecule has 0 saturated carbocycles. The van der Waals surface area contributed by atoms with Gasteiger partial charge in [-0.2, -0.15) is 0 Å². The van der Waals surface area contributed by atoms with E-state index in [2.05, 4.69) is 24.6 Å². The highest BCUT2D eigenvalue weighted by molar-refractivity contribution is 7.13. The number of aryl methyl sites for hydroxylation is 2. The molecule has 0 amide bonds. The predicted octanol–water partition coefficient (Wildman–Crippen LogP) is 5.27. The highest BCUT2D eigenvalue weighted by atomic mass is 32.1. The Morgan fingerprint density at radius 2 is 1.76 bits per heavy atom. The number of rotatable bonds is 6. The lowest BCUT2D eigenvalue weighted by atomic mass is 10.1. The van der Waals surface area contributed by atoms with Crippen molar-refractivity contribution in [3.05, 3.63) is 45.5 Å². The van der Waals surface area contributed by atoms with Crippen molar-refractivity contribution in [2.45, 2.75) is 67.3 Å². The van der Waals surface area contributed by atoms with Gasteiger partial charge < -0.3 is 20.3 Å².